The van der Waals surface area contributed by atoms with Gasteiger partial charge in [-0.2, -0.15) is 0 Å². The van der Waals surface area contributed by atoms with Crippen molar-refractivity contribution in [1.29, 1.82) is 0 Å². The fourth-order valence-electron chi connectivity index (χ4n) is 2.65. The van der Waals surface area contributed by atoms with E-state index in [2.05, 4.69) is 17.2 Å². The van der Waals surface area contributed by atoms with Crippen LogP contribution in [0.5, 0.6) is 0 Å². The van der Waals surface area contributed by atoms with E-state index in [1.165, 1.54) is 6.08 Å². The van der Waals surface area contributed by atoms with Gasteiger partial charge in [0.15, 0.2) is 0 Å². The van der Waals surface area contributed by atoms with Crippen molar-refractivity contribution in [2.45, 2.75) is 32.4 Å². The van der Waals surface area contributed by atoms with Gasteiger partial charge >= 0.3 is 0 Å². The average Bonchev–Trinajstić information content (AvgIpc) is 2.61. The largest absolute Gasteiger partial charge is 0.348 e. The summed E-state index contributed by atoms with van der Waals surface area (Å²) in [4.78, 5) is 23.9. The summed E-state index contributed by atoms with van der Waals surface area (Å²) in [5.41, 5.74) is 2.41. The molecule has 2 rings (SSSR count). The summed E-state index contributed by atoms with van der Waals surface area (Å²) in [6.07, 6.45) is 1.49. The summed E-state index contributed by atoms with van der Waals surface area (Å²) >= 11 is 0. The van der Waals surface area contributed by atoms with Gasteiger partial charge in [0, 0.05) is 6.54 Å². The highest BCUT2D eigenvalue weighted by molar-refractivity contribution is 5.86. The Morgan fingerprint density at radius 3 is 2.24 bits per heavy atom. The predicted octanol–water partition coefficient (Wildman–Crippen LogP) is 3.08. The van der Waals surface area contributed by atoms with E-state index in [1.54, 1.807) is 0 Å². The van der Waals surface area contributed by atoms with Crippen LogP contribution in [0.3, 0.4) is 0 Å². The second kappa shape index (κ2) is 8.29. The zero-order valence-corrected chi connectivity index (χ0v) is 14.7. The van der Waals surface area contributed by atoms with Gasteiger partial charge in [-0.05, 0) is 36.6 Å². The predicted molar refractivity (Wildman–Crippen MR) is 99.8 cm³/mol. The van der Waals surface area contributed by atoms with Gasteiger partial charge in [-0.25, -0.2) is 0 Å². The SMILES string of the molecule is C=CC(=O)NCc1ccccc1CC(=O)NC(C)(C)c1ccccc1. The second-order valence-electron chi connectivity index (χ2n) is 6.41. The molecule has 0 aliphatic heterocycles. The zero-order chi connectivity index (χ0) is 18.3. The number of hydrogen-bond donors (Lipinski definition) is 2. The number of rotatable bonds is 7. The third kappa shape index (κ3) is 5.31. The van der Waals surface area contributed by atoms with Gasteiger partial charge in [-0.1, -0.05) is 61.2 Å². The normalized spacial score (nSPS) is 10.8. The molecule has 0 aliphatic rings. The van der Waals surface area contributed by atoms with Crippen LogP contribution in [0.1, 0.15) is 30.5 Å². The molecular weight excluding hydrogens is 312 g/mol. The minimum absolute atomic E-state index is 0.0589. The maximum absolute atomic E-state index is 12.5. The maximum Gasteiger partial charge on any atom is 0.243 e. The van der Waals surface area contributed by atoms with Gasteiger partial charge in [0.25, 0.3) is 0 Å². The van der Waals surface area contributed by atoms with Crippen molar-refractivity contribution >= 4 is 11.8 Å². The molecule has 4 nitrogen and oxygen atoms in total. The van der Waals surface area contributed by atoms with Gasteiger partial charge in [0.2, 0.25) is 11.8 Å². The minimum atomic E-state index is -0.454. The third-order valence-corrected chi connectivity index (χ3v) is 4.06. The van der Waals surface area contributed by atoms with Crippen LogP contribution in [0.25, 0.3) is 0 Å². The fraction of sp³-hybridized carbons (Fsp3) is 0.238. The van der Waals surface area contributed by atoms with Crippen LogP contribution in [-0.4, -0.2) is 11.8 Å². The summed E-state index contributed by atoms with van der Waals surface area (Å²) in [7, 11) is 0. The van der Waals surface area contributed by atoms with E-state index in [-0.39, 0.29) is 18.2 Å². The van der Waals surface area contributed by atoms with Gasteiger partial charge in [-0.15, -0.1) is 0 Å². The zero-order valence-electron chi connectivity index (χ0n) is 14.7. The number of amides is 2. The molecule has 25 heavy (non-hydrogen) atoms. The van der Waals surface area contributed by atoms with Crippen molar-refractivity contribution in [3.63, 3.8) is 0 Å². The molecule has 2 amide bonds. The Morgan fingerprint density at radius 1 is 1.00 bits per heavy atom. The molecular formula is C21H24N2O2. The Bertz CT molecular complexity index is 752. The van der Waals surface area contributed by atoms with Crippen molar-refractivity contribution in [3.8, 4) is 0 Å². The molecule has 0 unspecified atom stereocenters. The molecule has 2 aromatic rings. The van der Waals surface area contributed by atoms with Crippen LogP contribution in [0.4, 0.5) is 0 Å². The molecule has 2 N–H and O–H groups in total. The molecule has 0 heterocycles. The molecule has 130 valence electrons. The molecule has 4 heteroatoms. The summed E-state index contributed by atoms with van der Waals surface area (Å²) in [6.45, 7) is 7.77. The molecule has 0 aromatic heterocycles. The van der Waals surface area contributed by atoms with Crippen LogP contribution in [-0.2, 0) is 28.1 Å². The Hall–Kier alpha value is -2.88. The Kier molecular flexibility index (Phi) is 6.12. The third-order valence-electron chi connectivity index (χ3n) is 4.06. The van der Waals surface area contributed by atoms with Crippen LogP contribution in [0, 0.1) is 0 Å². The van der Waals surface area contributed by atoms with E-state index >= 15 is 0 Å². The number of nitrogens with one attached hydrogen (secondary N) is 2. The molecule has 0 aliphatic carbocycles. The van der Waals surface area contributed by atoms with E-state index in [4.69, 9.17) is 0 Å². The van der Waals surface area contributed by atoms with E-state index in [0.717, 1.165) is 16.7 Å². The van der Waals surface area contributed by atoms with E-state index in [1.807, 2.05) is 68.4 Å². The molecule has 0 spiro atoms. The summed E-state index contributed by atoms with van der Waals surface area (Å²) in [5.74, 6) is -0.291. The van der Waals surface area contributed by atoms with Gasteiger partial charge in [-0.3, -0.25) is 9.59 Å². The van der Waals surface area contributed by atoms with Crippen LogP contribution in [0.15, 0.2) is 67.3 Å². The highest BCUT2D eigenvalue weighted by Gasteiger charge is 2.22. The molecule has 0 saturated heterocycles. The molecule has 0 fully saturated rings. The molecule has 2 aromatic carbocycles. The highest BCUT2D eigenvalue weighted by atomic mass is 16.2. The van der Waals surface area contributed by atoms with Gasteiger partial charge in [0.05, 0.1) is 12.0 Å². The smallest absolute Gasteiger partial charge is 0.243 e. The second-order valence-corrected chi connectivity index (χ2v) is 6.41. The van der Waals surface area contributed by atoms with Gasteiger partial charge in [0.1, 0.15) is 0 Å². The molecule has 0 saturated carbocycles. The van der Waals surface area contributed by atoms with Crippen molar-refractivity contribution in [3.05, 3.63) is 83.9 Å². The first-order valence-electron chi connectivity index (χ1n) is 8.26. The van der Waals surface area contributed by atoms with Crippen molar-refractivity contribution in [2.75, 3.05) is 0 Å². The van der Waals surface area contributed by atoms with Crippen molar-refractivity contribution in [2.24, 2.45) is 0 Å². The van der Waals surface area contributed by atoms with E-state index in [0.29, 0.717) is 6.54 Å². The lowest BCUT2D eigenvalue weighted by molar-refractivity contribution is -0.122. The molecule has 0 atom stereocenters. The summed E-state index contributed by atoms with van der Waals surface area (Å²) in [5, 5.41) is 5.83. The lowest BCUT2D eigenvalue weighted by atomic mass is 9.93. The standard InChI is InChI=1S/C21H24N2O2/c1-4-19(24)22-15-17-11-9-8-10-16(17)14-20(25)23-21(2,3)18-12-6-5-7-13-18/h4-13H,1,14-15H2,2-3H3,(H,22,24)(H,23,25). The summed E-state index contributed by atoms with van der Waals surface area (Å²) in [6, 6.07) is 17.5. The van der Waals surface area contributed by atoms with Crippen LogP contribution >= 0.6 is 0 Å². The lowest BCUT2D eigenvalue weighted by Crippen LogP contribution is -2.41. The van der Waals surface area contributed by atoms with Gasteiger partial charge < -0.3 is 10.6 Å². The van der Waals surface area contributed by atoms with E-state index in [9.17, 15) is 9.59 Å². The Labute approximate surface area is 149 Å². The fourth-order valence-corrected chi connectivity index (χ4v) is 2.65. The summed E-state index contributed by atoms with van der Waals surface area (Å²) < 4.78 is 0. The number of benzene rings is 2. The van der Waals surface area contributed by atoms with E-state index < -0.39 is 5.54 Å². The number of carbonyl (C=O) groups is 2. The Balaban J connectivity index is 2.05. The Morgan fingerprint density at radius 2 is 1.60 bits per heavy atom. The highest BCUT2D eigenvalue weighted by Crippen LogP contribution is 2.20. The first-order valence-corrected chi connectivity index (χ1v) is 8.26. The molecule has 0 radical (unpaired) electrons. The van der Waals surface area contributed by atoms with Crippen LogP contribution < -0.4 is 10.6 Å². The first kappa shape index (κ1) is 18.5. The van der Waals surface area contributed by atoms with Crippen LogP contribution in [0.2, 0.25) is 0 Å². The minimum Gasteiger partial charge on any atom is -0.348 e. The monoisotopic (exact) mass is 336 g/mol. The topological polar surface area (TPSA) is 58.2 Å². The maximum atomic E-state index is 12.5. The number of carbonyl (C=O) groups excluding carboxylic acids is 2. The quantitative estimate of drug-likeness (QED) is 0.764. The number of hydrogen-bond acceptors (Lipinski definition) is 2. The molecule has 0 bridgehead atoms. The average molecular weight is 336 g/mol. The van der Waals surface area contributed by atoms with Crippen molar-refractivity contribution < 1.29 is 9.59 Å². The lowest BCUT2D eigenvalue weighted by Gasteiger charge is -2.27. The first-order chi connectivity index (χ1) is 11.9. The van der Waals surface area contributed by atoms with Crippen molar-refractivity contribution in [1.82, 2.24) is 10.6 Å².